The average Bonchev–Trinajstić information content (AvgIpc) is 3.24. The lowest BCUT2D eigenvalue weighted by Crippen LogP contribution is -2.49. The largest absolute Gasteiger partial charge is 0.391 e. The molecule has 0 radical (unpaired) electrons. The molecule has 1 amide bonds. The Morgan fingerprint density at radius 2 is 1.86 bits per heavy atom. The first-order chi connectivity index (χ1) is 17.3. The van der Waals surface area contributed by atoms with Crippen LogP contribution < -0.4 is 5.73 Å². The van der Waals surface area contributed by atoms with Crippen molar-refractivity contribution in [1.29, 1.82) is 0 Å². The van der Waals surface area contributed by atoms with E-state index < -0.39 is 11.7 Å². The number of amides is 1. The highest BCUT2D eigenvalue weighted by atomic mass is 35.5. The summed E-state index contributed by atoms with van der Waals surface area (Å²) in [4.78, 5) is 15.3. The number of unbranched alkanes of at least 4 members (excludes halogenated alkanes) is 1. The van der Waals surface area contributed by atoms with E-state index in [1.54, 1.807) is 7.11 Å². The molecule has 1 saturated heterocycles. The molecule has 0 unspecified atom stereocenters. The summed E-state index contributed by atoms with van der Waals surface area (Å²) in [6, 6.07) is 15.3. The quantitative estimate of drug-likeness (QED) is 0.432. The number of benzene rings is 2. The number of hydrogen-bond donors (Lipinski definition) is 3. The van der Waals surface area contributed by atoms with E-state index in [0.717, 1.165) is 42.4 Å². The number of halogens is 1. The molecule has 0 aromatic heterocycles. The molecule has 4 N–H and O–H groups in total. The van der Waals surface area contributed by atoms with Gasteiger partial charge in [-0.05, 0) is 62.1 Å². The molecule has 1 aliphatic heterocycles. The molecule has 5 atom stereocenters. The van der Waals surface area contributed by atoms with Crippen molar-refractivity contribution in [2.24, 2.45) is 17.6 Å². The van der Waals surface area contributed by atoms with Crippen molar-refractivity contribution in [2.75, 3.05) is 26.8 Å². The van der Waals surface area contributed by atoms with Crippen molar-refractivity contribution >= 4 is 17.5 Å². The van der Waals surface area contributed by atoms with Crippen LogP contribution in [0.25, 0.3) is 11.1 Å². The molecule has 2 aromatic carbocycles. The number of piperidine rings is 1. The zero-order chi connectivity index (χ0) is 25.7. The van der Waals surface area contributed by atoms with Gasteiger partial charge in [-0.2, -0.15) is 0 Å². The van der Waals surface area contributed by atoms with Crippen LogP contribution in [0, 0.1) is 11.8 Å². The van der Waals surface area contributed by atoms with E-state index in [1.165, 1.54) is 0 Å². The maximum Gasteiger partial charge on any atom is 0.225 e. The zero-order valence-electron chi connectivity index (χ0n) is 21.1. The van der Waals surface area contributed by atoms with E-state index in [4.69, 9.17) is 22.1 Å². The molecule has 196 valence electrons. The Balaban J connectivity index is 1.65. The smallest absolute Gasteiger partial charge is 0.225 e. The van der Waals surface area contributed by atoms with Crippen LogP contribution in [0.15, 0.2) is 48.5 Å². The number of methoxy groups -OCH3 is 1. The summed E-state index contributed by atoms with van der Waals surface area (Å²) in [5, 5.41) is 23.2. The predicted molar refractivity (Wildman–Crippen MR) is 143 cm³/mol. The van der Waals surface area contributed by atoms with E-state index in [2.05, 4.69) is 0 Å². The predicted octanol–water partition coefficient (Wildman–Crippen LogP) is 4.35. The zero-order valence-corrected chi connectivity index (χ0v) is 21.9. The van der Waals surface area contributed by atoms with Gasteiger partial charge in [-0.1, -0.05) is 54.1 Å². The van der Waals surface area contributed by atoms with Gasteiger partial charge < -0.3 is 25.6 Å². The monoisotopic (exact) mass is 514 g/mol. The van der Waals surface area contributed by atoms with Crippen molar-refractivity contribution in [1.82, 2.24) is 4.90 Å². The lowest BCUT2D eigenvalue weighted by atomic mass is 9.72. The van der Waals surface area contributed by atoms with Gasteiger partial charge in [0.15, 0.2) is 0 Å². The van der Waals surface area contributed by atoms with Gasteiger partial charge in [-0.3, -0.25) is 4.79 Å². The number of rotatable bonds is 9. The Morgan fingerprint density at radius 3 is 2.56 bits per heavy atom. The second kappa shape index (κ2) is 12.1. The summed E-state index contributed by atoms with van der Waals surface area (Å²) >= 11 is 6.59. The van der Waals surface area contributed by atoms with Gasteiger partial charge in [0.2, 0.25) is 5.91 Å². The lowest BCUT2D eigenvalue weighted by molar-refractivity contribution is -0.141. The third-order valence-corrected chi connectivity index (χ3v) is 8.38. The Morgan fingerprint density at radius 1 is 1.14 bits per heavy atom. The van der Waals surface area contributed by atoms with Crippen molar-refractivity contribution < 1.29 is 19.7 Å². The lowest BCUT2D eigenvalue weighted by Gasteiger charge is -2.44. The second-order valence-electron chi connectivity index (χ2n) is 10.4. The maximum absolute atomic E-state index is 13.4. The van der Waals surface area contributed by atoms with Crippen LogP contribution in [-0.4, -0.2) is 60.0 Å². The van der Waals surface area contributed by atoms with Crippen LogP contribution >= 0.6 is 11.6 Å². The first-order valence-corrected chi connectivity index (χ1v) is 13.5. The van der Waals surface area contributed by atoms with E-state index in [-0.39, 0.29) is 23.8 Å². The van der Waals surface area contributed by atoms with Crippen LogP contribution in [0.5, 0.6) is 0 Å². The highest BCUT2D eigenvalue weighted by molar-refractivity contribution is 6.33. The van der Waals surface area contributed by atoms with Crippen molar-refractivity contribution in [3.8, 4) is 11.1 Å². The molecule has 1 saturated carbocycles. The van der Waals surface area contributed by atoms with Gasteiger partial charge in [0.1, 0.15) is 0 Å². The number of nitrogens with zero attached hydrogens (tertiary/aromatic N) is 1. The van der Waals surface area contributed by atoms with Gasteiger partial charge in [-0.25, -0.2) is 0 Å². The Labute approximate surface area is 219 Å². The topological polar surface area (TPSA) is 96.0 Å². The average molecular weight is 515 g/mol. The fraction of sp³-hybridized carbons (Fsp3) is 0.552. The van der Waals surface area contributed by atoms with E-state index in [1.807, 2.05) is 53.4 Å². The van der Waals surface area contributed by atoms with Crippen LogP contribution in [0.1, 0.15) is 50.5 Å². The molecule has 6 nitrogen and oxygen atoms in total. The molecule has 2 aliphatic rings. The molecule has 1 aliphatic carbocycles. The van der Waals surface area contributed by atoms with E-state index in [0.29, 0.717) is 44.0 Å². The molecular formula is C29H39ClN2O4. The van der Waals surface area contributed by atoms with Gasteiger partial charge in [0.05, 0.1) is 11.7 Å². The molecular weight excluding hydrogens is 476 g/mol. The molecule has 0 spiro atoms. The Hall–Kier alpha value is -1.96. The maximum atomic E-state index is 13.4. The molecule has 2 aromatic rings. The first-order valence-electron chi connectivity index (χ1n) is 13.1. The normalized spacial score (nSPS) is 26.1. The van der Waals surface area contributed by atoms with Crippen molar-refractivity contribution in [2.45, 2.75) is 62.7 Å². The summed E-state index contributed by atoms with van der Waals surface area (Å²) in [6.45, 7) is 1.79. The molecule has 1 heterocycles. The number of carbonyl (C=O) groups is 1. The Bertz CT molecular complexity index is 1020. The fourth-order valence-electron chi connectivity index (χ4n) is 6.05. The van der Waals surface area contributed by atoms with E-state index >= 15 is 0 Å². The van der Waals surface area contributed by atoms with Crippen LogP contribution in [0.4, 0.5) is 0 Å². The number of aliphatic hydroxyl groups excluding tert-OH is 1. The molecule has 2 fully saturated rings. The van der Waals surface area contributed by atoms with Gasteiger partial charge >= 0.3 is 0 Å². The summed E-state index contributed by atoms with van der Waals surface area (Å²) in [5.74, 6) is -0.326. The highest BCUT2D eigenvalue weighted by Gasteiger charge is 2.44. The molecule has 0 bridgehead atoms. The van der Waals surface area contributed by atoms with Gasteiger partial charge in [0, 0.05) is 55.3 Å². The summed E-state index contributed by atoms with van der Waals surface area (Å²) in [5.41, 5.74) is 7.53. The van der Waals surface area contributed by atoms with Crippen molar-refractivity contribution in [3.05, 3.63) is 59.1 Å². The summed E-state index contributed by atoms with van der Waals surface area (Å²) in [6.07, 6.45) is 4.17. The third-order valence-electron chi connectivity index (χ3n) is 8.05. The van der Waals surface area contributed by atoms with Crippen molar-refractivity contribution in [3.63, 3.8) is 0 Å². The van der Waals surface area contributed by atoms with E-state index in [9.17, 15) is 15.0 Å². The number of ether oxygens (including phenoxy) is 1. The first kappa shape index (κ1) is 27.1. The minimum Gasteiger partial charge on any atom is -0.391 e. The number of nitrogens with two attached hydrogens (primary N) is 1. The Kier molecular flexibility index (Phi) is 9.07. The minimum atomic E-state index is -1.13. The highest BCUT2D eigenvalue weighted by Crippen LogP contribution is 2.45. The molecule has 4 rings (SSSR count). The van der Waals surface area contributed by atoms with Crippen LogP contribution in [-0.2, 0) is 15.1 Å². The van der Waals surface area contributed by atoms with Gasteiger partial charge in [-0.15, -0.1) is 0 Å². The van der Waals surface area contributed by atoms with Gasteiger partial charge in [0.25, 0.3) is 0 Å². The molecule has 36 heavy (non-hydrogen) atoms. The fourth-order valence-corrected chi connectivity index (χ4v) is 6.29. The number of aliphatic hydroxyl groups is 2. The summed E-state index contributed by atoms with van der Waals surface area (Å²) in [7, 11) is 1.69. The molecule has 7 heteroatoms. The minimum absolute atomic E-state index is 0.0489. The summed E-state index contributed by atoms with van der Waals surface area (Å²) < 4.78 is 5.26. The SMILES string of the molecule is COCCCC[C@@](O)(c1ccccc1-c1ccccc1Cl)[C@@H]1CCCN(C(=O)[C@H]2C[C@@H](N)[C@@H](O)C2)C1. The van der Waals surface area contributed by atoms with Crippen LogP contribution in [0.3, 0.4) is 0 Å². The second-order valence-corrected chi connectivity index (χ2v) is 10.8. The standard InChI is InChI=1S/C29H39ClN2O4/c1-36-16-7-6-14-29(35,24-12-4-2-10-22(24)23-11-3-5-13-25(23)30)21-9-8-15-32(19-21)28(34)20-17-26(31)27(33)18-20/h2-5,10-13,20-21,26-27,33,35H,6-9,14-19,31H2,1H3/t20-,21+,26+,27-,29-/m0/s1. The number of hydrogen-bond acceptors (Lipinski definition) is 5. The van der Waals surface area contributed by atoms with Crippen LogP contribution in [0.2, 0.25) is 5.02 Å². The number of carbonyl (C=O) groups excluding carboxylic acids is 1. The third kappa shape index (κ3) is 5.79. The number of likely N-dealkylation sites (tertiary alicyclic amines) is 1.